The quantitative estimate of drug-likeness (QED) is 0.427. The van der Waals surface area contributed by atoms with E-state index >= 15 is 0 Å². The van der Waals surface area contributed by atoms with Gasteiger partial charge in [0.2, 0.25) is 15.9 Å². The number of nitrogens with zero attached hydrogens (tertiary/aromatic N) is 1. The van der Waals surface area contributed by atoms with Crippen molar-refractivity contribution in [3.8, 4) is 11.1 Å². The summed E-state index contributed by atoms with van der Waals surface area (Å²) in [6.45, 7) is 1.14. The van der Waals surface area contributed by atoms with E-state index in [0.717, 1.165) is 54.4 Å². The van der Waals surface area contributed by atoms with Gasteiger partial charge in [-0.3, -0.25) is 4.79 Å². The first-order valence-corrected chi connectivity index (χ1v) is 15.7. The van der Waals surface area contributed by atoms with Crippen molar-refractivity contribution in [2.45, 2.75) is 67.6 Å². The van der Waals surface area contributed by atoms with E-state index in [4.69, 9.17) is 0 Å². The normalized spacial score (nSPS) is 28.6. The molecule has 1 aliphatic heterocycles. The van der Waals surface area contributed by atoms with Gasteiger partial charge in [0.25, 0.3) is 0 Å². The summed E-state index contributed by atoms with van der Waals surface area (Å²) in [4.78, 5) is 15.2. The molecule has 4 bridgehead atoms. The van der Waals surface area contributed by atoms with Crippen LogP contribution in [-0.2, 0) is 27.9 Å². The average Bonchev–Trinajstić information content (AvgIpc) is 3.34. The fourth-order valence-corrected chi connectivity index (χ4v) is 9.73. The summed E-state index contributed by atoms with van der Waals surface area (Å²) in [6.07, 6.45) is 5.44. The molecule has 1 heterocycles. The van der Waals surface area contributed by atoms with Gasteiger partial charge in [-0.1, -0.05) is 48.5 Å². The highest BCUT2D eigenvalue weighted by molar-refractivity contribution is 7.89. The van der Waals surface area contributed by atoms with Crippen LogP contribution >= 0.6 is 0 Å². The highest BCUT2D eigenvalue weighted by atomic mass is 32.2. The molecule has 3 aromatic carbocycles. The van der Waals surface area contributed by atoms with Gasteiger partial charge in [0.05, 0.1) is 11.4 Å². The van der Waals surface area contributed by atoms with Crippen molar-refractivity contribution >= 4 is 15.9 Å². The molecule has 6 nitrogen and oxygen atoms in total. The molecule has 8 heteroatoms. The fourth-order valence-electron chi connectivity index (χ4n) is 8.30. The number of carbonyl (C=O) groups is 1. The number of carbonyl (C=O) groups excluding carboxylic acids is 1. The summed E-state index contributed by atoms with van der Waals surface area (Å²) >= 11 is 0. The van der Waals surface area contributed by atoms with Gasteiger partial charge < -0.3 is 10.2 Å². The number of amides is 1. The molecule has 4 saturated carbocycles. The van der Waals surface area contributed by atoms with Gasteiger partial charge in [-0.05, 0) is 96.9 Å². The number of rotatable bonds is 7. The van der Waals surface area contributed by atoms with Gasteiger partial charge in [-0.2, -0.15) is 0 Å². The lowest BCUT2D eigenvalue weighted by molar-refractivity contribution is -0.132. The van der Waals surface area contributed by atoms with Crippen LogP contribution < -0.4 is 10.0 Å². The number of benzene rings is 3. The maximum atomic E-state index is 13.6. The number of hydrogen-bond acceptors (Lipinski definition) is 4. The summed E-state index contributed by atoms with van der Waals surface area (Å²) in [5.74, 6) is 0.595. The zero-order valence-corrected chi connectivity index (χ0v) is 23.2. The Morgan fingerprint density at radius 2 is 1.50 bits per heavy atom. The molecule has 0 aromatic heterocycles. The molecule has 3 aromatic rings. The molecule has 208 valence electrons. The Hall–Kier alpha value is -3.07. The second kappa shape index (κ2) is 9.50. The lowest BCUT2D eigenvalue weighted by atomic mass is 9.50. The lowest BCUT2D eigenvalue weighted by Gasteiger charge is -2.62. The Labute approximate surface area is 235 Å². The smallest absolute Gasteiger partial charge is 0.241 e. The number of fused-ring (bicyclic) bond motifs is 1. The van der Waals surface area contributed by atoms with E-state index in [2.05, 4.69) is 10.0 Å². The molecule has 0 spiro atoms. The minimum atomic E-state index is -3.71. The van der Waals surface area contributed by atoms with E-state index < -0.39 is 15.6 Å². The topological polar surface area (TPSA) is 78.5 Å². The Bertz CT molecular complexity index is 1540. The third-order valence-corrected chi connectivity index (χ3v) is 11.1. The Balaban J connectivity index is 1.05. The number of nitrogens with one attached hydrogen (secondary N) is 2. The minimum Gasteiger partial charge on any atom is -0.333 e. The summed E-state index contributed by atoms with van der Waals surface area (Å²) in [5.41, 5.74) is 3.14. The molecular weight excluding hydrogens is 525 g/mol. The maximum Gasteiger partial charge on any atom is 0.241 e. The van der Waals surface area contributed by atoms with Crippen LogP contribution in [0.25, 0.3) is 11.1 Å². The number of sulfonamides is 1. The second-order valence-corrected chi connectivity index (χ2v) is 14.2. The number of halogens is 1. The van der Waals surface area contributed by atoms with E-state index in [-0.39, 0.29) is 28.7 Å². The highest BCUT2D eigenvalue weighted by Gasteiger charge is 2.58. The largest absolute Gasteiger partial charge is 0.333 e. The first-order valence-electron chi connectivity index (χ1n) is 14.2. The Morgan fingerprint density at radius 3 is 2.23 bits per heavy atom. The van der Waals surface area contributed by atoms with Crippen molar-refractivity contribution in [1.29, 1.82) is 0 Å². The molecule has 4 aliphatic carbocycles. The lowest BCUT2D eigenvalue weighted by Crippen LogP contribution is -2.69. The van der Waals surface area contributed by atoms with E-state index in [0.29, 0.717) is 31.3 Å². The SMILES string of the molecule is O=C(CNC12C[C@H]3C[C@@H](C1)CC(NS(=O)(=O)c1ccc(-c4ccccc4)cc1)(C3)C2)N1Cc2ccc(F)cc2C1. The molecule has 8 rings (SSSR count). The predicted molar refractivity (Wildman–Crippen MR) is 151 cm³/mol. The number of hydrogen-bond donors (Lipinski definition) is 2. The van der Waals surface area contributed by atoms with Crippen molar-refractivity contribution in [3.05, 3.63) is 89.7 Å². The molecule has 0 radical (unpaired) electrons. The average molecular weight is 560 g/mol. The maximum absolute atomic E-state index is 13.6. The third kappa shape index (κ3) is 4.76. The van der Waals surface area contributed by atoms with Crippen molar-refractivity contribution in [2.24, 2.45) is 11.8 Å². The van der Waals surface area contributed by atoms with Crippen LogP contribution in [-0.4, -0.2) is 36.8 Å². The monoisotopic (exact) mass is 559 g/mol. The van der Waals surface area contributed by atoms with Gasteiger partial charge in [0, 0.05) is 24.2 Å². The van der Waals surface area contributed by atoms with Crippen LogP contribution in [0.4, 0.5) is 4.39 Å². The zero-order chi connectivity index (χ0) is 27.5. The van der Waals surface area contributed by atoms with Crippen molar-refractivity contribution < 1.29 is 17.6 Å². The molecular formula is C32H34FN3O3S. The summed E-state index contributed by atoms with van der Waals surface area (Å²) in [5, 5.41) is 3.62. The fraction of sp³-hybridized carbons (Fsp3) is 0.406. The van der Waals surface area contributed by atoms with Gasteiger partial charge >= 0.3 is 0 Å². The van der Waals surface area contributed by atoms with E-state index in [1.807, 2.05) is 42.5 Å². The first kappa shape index (κ1) is 25.9. The minimum absolute atomic E-state index is 0.000454. The highest BCUT2D eigenvalue weighted by Crippen LogP contribution is 2.57. The molecule has 5 aliphatic rings. The Kier molecular flexibility index (Phi) is 6.14. The standard InChI is InChI=1S/C32H34FN3O3S/c33-28-9-6-26-19-36(20-27(26)13-28)30(37)18-34-31-14-22-12-23(15-31)17-32(16-22,21-31)35-40(38,39)29-10-7-25(8-11-29)24-4-2-1-3-5-24/h1-11,13,22-23,34-35H,12,14-21H2/t22-,23+,31?,32?. The van der Waals surface area contributed by atoms with Gasteiger partial charge in [0.15, 0.2) is 0 Å². The molecule has 0 saturated heterocycles. The van der Waals surface area contributed by atoms with E-state index in [1.165, 1.54) is 12.1 Å². The molecule has 4 atom stereocenters. The first-order chi connectivity index (χ1) is 19.2. The zero-order valence-electron chi connectivity index (χ0n) is 22.4. The van der Waals surface area contributed by atoms with Crippen LogP contribution in [0.2, 0.25) is 0 Å². The summed E-state index contributed by atoms with van der Waals surface area (Å²) < 4.78 is 44.1. The predicted octanol–water partition coefficient (Wildman–Crippen LogP) is 4.99. The van der Waals surface area contributed by atoms with Crippen molar-refractivity contribution in [2.75, 3.05) is 6.54 Å². The molecule has 4 fully saturated rings. The van der Waals surface area contributed by atoms with Gasteiger partial charge in [-0.25, -0.2) is 17.5 Å². The van der Waals surface area contributed by atoms with Gasteiger partial charge in [0.1, 0.15) is 5.82 Å². The molecule has 2 N–H and O–H groups in total. The summed E-state index contributed by atoms with van der Waals surface area (Å²) in [6, 6.07) is 21.8. The van der Waals surface area contributed by atoms with Crippen LogP contribution in [0.3, 0.4) is 0 Å². The van der Waals surface area contributed by atoms with E-state index in [1.54, 1.807) is 23.1 Å². The van der Waals surface area contributed by atoms with Gasteiger partial charge in [-0.15, -0.1) is 0 Å². The molecule has 1 amide bonds. The van der Waals surface area contributed by atoms with Crippen LogP contribution in [0.15, 0.2) is 77.7 Å². The van der Waals surface area contributed by atoms with Crippen molar-refractivity contribution in [3.63, 3.8) is 0 Å². The Morgan fingerprint density at radius 1 is 0.850 bits per heavy atom. The van der Waals surface area contributed by atoms with Crippen LogP contribution in [0.5, 0.6) is 0 Å². The summed E-state index contributed by atoms with van der Waals surface area (Å²) in [7, 11) is -3.71. The third-order valence-electron chi connectivity index (χ3n) is 9.54. The van der Waals surface area contributed by atoms with Crippen molar-refractivity contribution in [1.82, 2.24) is 14.9 Å². The van der Waals surface area contributed by atoms with Crippen LogP contribution in [0, 0.1) is 17.7 Å². The molecule has 40 heavy (non-hydrogen) atoms. The van der Waals surface area contributed by atoms with Crippen LogP contribution in [0.1, 0.15) is 49.7 Å². The molecule has 2 unspecified atom stereocenters. The van der Waals surface area contributed by atoms with E-state index in [9.17, 15) is 17.6 Å². The second-order valence-electron chi connectivity index (χ2n) is 12.5.